The summed E-state index contributed by atoms with van der Waals surface area (Å²) in [6.07, 6.45) is 7.75. The van der Waals surface area contributed by atoms with Gasteiger partial charge in [0.1, 0.15) is 5.69 Å². The molecule has 1 aromatic heterocycles. The predicted octanol–water partition coefficient (Wildman–Crippen LogP) is 6.37. The van der Waals surface area contributed by atoms with Gasteiger partial charge < -0.3 is 0 Å². The van der Waals surface area contributed by atoms with E-state index in [1.165, 1.54) is 43.5 Å². The molecule has 0 spiro atoms. The van der Waals surface area contributed by atoms with Gasteiger partial charge in [-0.1, -0.05) is 66.4 Å². The van der Waals surface area contributed by atoms with Gasteiger partial charge in [0, 0.05) is 29.7 Å². The number of pyridine rings is 1. The zero-order chi connectivity index (χ0) is 20.6. The monoisotopic (exact) mass is 414 g/mol. The fourth-order valence-electron chi connectivity index (χ4n) is 3.83. The first kappa shape index (κ1) is 20.7. The number of hydrogen-bond donors (Lipinski definition) is 0. The Morgan fingerprint density at radius 1 is 0.800 bits per heavy atom. The summed E-state index contributed by atoms with van der Waals surface area (Å²) >= 11 is 5.95. The zero-order valence-electron chi connectivity index (χ0n) is 17.3. The lowest BCUT2D eigenvalue weighted by atomic mass is 10.1. The van der Waals surface area contributed by atoms with Gasteiger partial charge in [-0.2, -0.15) is 0 Å². The molecule has 2 aromatic carbocycles. The van der Waals surface area contributed by atoms with Crippen molar-refractivity contribution in [2.24, 2.45) is 0 Å². The van der Waals surface area contributed by atoms with Crippen molar-refractivity contribution in [1.82, 2.24) is 9.88 Å². The van der Waals surface area contributed by atoms with Crippen molar-refractivity contribution in [3.63, 3.8) is 0 Å². The van der Waals surface area contributed by atoms with Crippen molar-refractivity contribution in [3.8, 4) is 23.0 Å². The fourth-order valence-corrected chi connectivity index (χ4v) is 3.95. The first-order valence-electron chi connectivity index (χ1n) is 10.8. The fraction of sp³-hybridized carbons (Fsp3) is 0.296. The maximum Gasteiger partial charge on any atom is 0.113 e. The van der Waals surface area contributed by atoms with Crippen LogP contribution in [0, 0.1) is 11.8 Å². The van der Waals surface area contributed by atoms with Crippen molar-refractivity contribution in [2.75, 3.05) is 13.1 Å². The minimum absolute atomic E-state index is 0.742. The first-order valence-corrected chi connectivity index (χ1v) is 11.2. The molecule has 4 rings (SSSR count). The highest BCUT2D eigenvalue weighted by Crippen LogP contribution is 2.20. The summed E-state index contributed by atoms with van der Waals surface area (Å²) in [5.41, 5.74) is 5.75. The Morgan fingerprint density at radius 3 is 2.20 bits per heavy atom. The lowest BCUT2D eigenvalue weighted by Crippen LogP contribution is -2.29. The van der Waals surface area contributed by atoms with Gasteiger partial charge in [0.2, 0.25) is 0 Å². The molecule has 0 N–H and O–H groups in total. The average Bonchev–Trinajstić information content (AvgIpc) is 2.79. The maximum absolute atomic E-state index is 5.95. The number of halogens is 1. The van der Waals surface area contributed by atoms with Crippen molar-refractivity contribution >= 4 is 11.6 Å². The molecule has 0 atom stereocenters. The molecule has 1 aliphatic rings. The van der Waals surface area contributed by atoms with Crippen LogP contribution in [-0.2, 0) is 13.0 Å². The molecule has 0 saturated carbocycles. The smallest absolute Gasteiger partial charge is 0.113 e. The third-order valence-electron chi connectivity index (χ3n) is 5.57. The number of piperidine rings is 1. The van der Waals surface area contributed by atoms with E-state index in [0.717, 1.165) is 41.2 Å². The second kappa shape index (κ2) is 10.4. The molecule has 30 heavy (non-hydrogen) atoms. The van der Waals surface area contributed by atoms with Gasteiger partial charge in [-0.05, 0) is 73.2 Å². The van der Waals surface area contributed by atoms with Crippen LogP contribution in [0.4, 0.5) is 0 Å². The van der Waals surface area contributed by atoms with E-state index in [-0.39, 0.29) is 0 Å². The van der Waals surface area contributed by atoms with Crippen molar-refractivity contribution in [2.45, 2.75) is 38.6 Å². The molecule has 0 bridgehead atoms. The van der Waals surface area contributed by atoms with Crippen LogP contribution in [0.15, 0.2) is 66.9 Å². The number of hydrogen-bond acceptors (Lipinski definition) is 2. The largest absolute Gasteiger partial charge is 0.299 e. The standard InChI is InChI=1S/C27H27ClN2/c28-26-15-12-24(13-16-26)25-14-17-27(29-20-25)7-3-2-6-22-8-10-23(11-9-22)21-30-18-4-1-5-19-30/h8-17,20H,1-2,4-6,18-19,21H2. The van der Waals surface area contributed by atoms with Gasteiger partial charge in [0.05, 0.1) is 0 Å². The van der Waals surface area contributed by atoms with Crippen molar-refractivity contribution in [1.29, 1.82) is 0 Å². The third kappa shape index (κ3) is 5.95. The van der Waals surface area contributed by atoms with E-state index in [0.29, 0.717) is 0 Å². The summed E-state index contributed by atoms with van der Waals surface area (Å²) in [6.45, 7) is 3.57. The van der Waals surface area contributed by atoms with Gasteiger partial charge in [-0.3, -0.25) is 4.90 Å². The summed E-state index contributed by atoms with van der Waals surface area (Å²) in [7, 11) is 0. The number of aryl methyl sites for hydroxylation is 1. The summed E-state index contributed by atoms with van der Waals surface area (Å²) in [5.74, 6) is 6.44. The van der Waals surface area contributed by atoms with Gasteiger partial charge >= 0.3 is 0 Å². The highest BCUT2D eigenvalue weighted by atomic mass is 35.5. The molecular formula is C27H27ClN2. The van der Waals surface area contributed by atoms with E-state index >= 15 is 0 Å². The van der Waals surface area contributed by atoms with Gasteiger partial charge in [0.15, 0.2) is 0 Å². The zero-order valence-corrected chi connectivity index (χ0v) is 18.0. The summed E-state index contributed by atoms with van der Waals surface area (Å²) in [5, 5.41) is 0.742. The molecule has 2 heterocycles. The van der Waals surface area contributed by atoms with E-state index in [1.54, 1.807) is 0 Å². The molecule has 1 aliphatic heterocycles. The van der Waals surface area contributed by atoms with Crippen LogP contribution in [0.2, 0.25) is 5.02 Å². The predicted molar refractivity (Wildman–Crippen MR) is 125 cm³/mol. The Balaban J connectivity index is 1.27. The van der Waals surface area contributed by atoms with E-state index in [2.05, 4.69) is 52.1 Å². The number of likely N-dealkylation sites (tertiary alicyclic amines) is 1. The Labute approximate surface area is 184 Å². The van der Waals surface area contributed by atoms with Crippen LogP contribution >= 0.6 is 11.6 Å². The van der Waals surface area contributed by atoms with Crippen molar-refractivity contribution < 1.29 is 0 Å². The molecule has 0 radical (unpaired) electrons. The van der Waals surface area contributed by atoms with E-state index in [1.807, 2.05) is 36.5 Å². The maximum atomic E-state index is 5.95. The highest BCUT2D eigenvalue weighted by Gasteiger charge is 2.10. The Morgan fingerprint density at radius 2 is 1.50 bits per heavy atom. The summed E-state index contributed by atoms with van der Waals surface area (Å²) in [6, 6.07) is 20.9. The normalized spacial score (nSPS) is 14.2. The van der Waals surface area contributed by atoms with Gasteiger partial charge in [-0.25, -0.2) is 4.98 Å². The van der Waals surface area contributed by atoms with Crippen molar-refractivity contribution in [3.05, 3.63) is 88.7 Å². The quantitative estimate of drug-likeness (QED) is 0.451. The Kier molecular flexibility index (Phi) is 7.19. The minimum Gasteiger partial charge on any atom is -0.299 e. The number of nitrogens with zero attached hydrogens (tertiary/aromatic N) is 2. The van der Waals surface area contributed by atoms with Gasteiger partial charge in [0.25, 0.3) is 0 Å². The number of aromatic nitrogens is 1. The molecule has 3 aromatic rings. The molecule has 1 saturated heterocycles. The molecule has 152 valence electrons. The lowest BCUT2D eigenvalue weighted by Gasteiger charge is -2.26. The first-order chi connectivity index (χ1) is 14.8. The lowest BCUT2D eigenvalue weighted by molar-refractivity contribution is 0.221. The molecule has 0 amide bonds. The molecular weight excluding hydrogens is 388 g/mol. The van der Waals surface area contributed by atoms with Crippen LogP contribution in [0.25, 0.3) is 11.1 Å². The topological polar surface area (TPSA) is 16.1 Å². The Bertz CT molecular complexity index is 990. The molecule has 0 aliphatic carbocycles. The SMILES string of the molecule is Clc1ccc(-c2ccc(C#CCCc3ccc(CN4CCCCC4)cc3)nc2)cc1. The van der Waals surface area contributed by atoms with Crippen LogP contribution < -0.4 is 0 Å². The summed E-state index contributed by atoms with van der Waals surface area (Å²) in [4.78, 5) is 7.04. The second-order valence-electron chi connectivity index (χ2n) is 7.89. The van der Waals surface area contributed by atoms with Crippen LogP contribution in [0.3, 0.4) is 0 Å². The highest BCUT2D eigenvalue weighted by molar-refractivity contribution is 6.30. The average molecular weight is 415 g/mol. The molecule has 3 heteroatoms. The van der Waals surface area contributed by atoms with E-state index in [9.17, 15) is 0 Å². The van der Waals surface area contributed by atoms with E-state index in [4.69, 9.17) is 11.6 Å². The third-order valence-corrected chi connectivity index (χ3v) is 5.83. The second-order valence-corrected chi connectivity index (χ2v) is 8.33. The molecule has 0 unspecified atom stereocenters. The Hall–Kier alpha value is -2.60. The minimum atomic E-state index is 0.742. The van der Waals surface area contributed by atoms with Crippen LogP contribution in [0.5, 0.6) is 0 Å². The number of rotatable bonds is 5. The number of benzene rings is 2. The molecule has 2 nitrogen and oxygen atoms in total. The van der Waals surface area contributed by atoms with Crippen LogP contribution in [-0.4, -0.2) is 23.0 Å². The summed E-state index contributed by atoms with van der Waals surface area (Å²) < 4.78 is 0. The molecule has 1 fully saturated rings. The van der Waals surface area contributed by atoms with Gasteiger partial charge in [-0.15, -0.1) is 0 Å². The van der Waals surface area contributed by atoms with Crippen LogP contribution in [0.1, 0.15) is 42.5 Å². The van der Waals surface area contributed by atoms with E-state index < -0.39 is 0 Å².